The minimum absolute atomic E-state index is 0.122. The molecule has 3 rings (SSSR count). The van der Waals surface area contributed by atoms with Crippen molar-refractivity contribution in [1.29, 1.82) is 0 Å². The molecule has 7 nitrogen and oxygen atoms in total. The van der Waals surface area contributed by atoms with Crippen LogP contribution in [0.25, 0.3) is 0 Å². The van der Waals surface area contributed by atoms with E-state index < -0.39 is 0 Å². The van der Waals surface area contributed by atoms with Crippen molar-refractivity contribution in [3.8, 4) is 0 Å². The van der Waals surface area contributed by atoms with Crippen molar-refractivity contribution in [1.82, 2.24) is 15.4 Å². The van der Waals surface area contributed by atoms with Crippen LogP contribution in [-0.2, 0) is 9.47 Å². The smallest absolute Gasteiger partial charge is 0.132 e. The third-order valence-electron chi connectivity index (χ3n) is 4.60. The average molecular weight is 383 g/mol. The van der Waals surface area contributed by atoms with E-state index in [0.29, 0.717) is 6.54 Å². The number of rotatable bonds is 7. The molecule has 1 aromatic rings. The minimum atomic E-state index is 0.122. The SMILES string of the molecule is CC/C=C(\C=C=C1CNN=C1c1cc(N2CC[C@@H](OC)C2)ncn1)OC(C)C. The van der Waals surface area contributed by atoms with Gasteiger partial charge < -0.3 is 19.8 Å². The van der Waals surface area contributed by atoms with E-state index in [0.717, 1.165) is 54.5 Å². The Bertz CT molecular complexity index is 809. The summed E-state index contributed by atoms with van der Waals surface area (Å²) < 4.78 is 11.3. The van der Waals surface area contributed by atoms with E-state index in [1.165, 1.54) is 0 Å². The molecule has 1 atom stereocenters. The number of nitrogens with one attached hydrogen (secondary N) is 1. The van der Waals surface area contributed by atoms with E-state index in [2.05, 4.69) is 44.1 Å². The molecule has 2 aliphatic rings. The summed E-state index contributed by atoms with van der Waals surface area (Å²) in [5.74, 6) is 1.72. The normalized spacial score (nSPS) is 19.5. The average Bonchev–Trinajstić information content (AvgIpc) is 3.35. The van der Waals surface area contributed by atoms with E-state index in [1.54, 1.807) is 13.4 Å². The Balaban J connectivity index is 1.82. The predicted molar refractivity (Wildman–Crippen MR) is 110 cm³/mol. The summed E-state index contributed by atoms with van der Waals surface area (Å²) in [6, 6.07) is 1.99. The zero-order valence-corrected chi connectivity index (χ0v) is 17.1. The lowest BCUT2D eigenvalue weighted by atomic mass is 10.1. The molecule has 1 fully saturated rings. The monoisotopic (exact) mass is 383 g/mol. The Morgan fingerprint density at radius 3 is 3.00 bits per heavy atom. The van der Waals surface area contributed by atoms with Crippen molar-refractivity contribution in [3.63, 3.8) is 0 Å². The van der Waals surface area contributed by atoms with Gasteiger partial charge in [-0.3, -0.25) is 0 Å². The van der Waals surface area contributed by atoms with Crippen LogP contribution in [0.15, 0.2) is 46.7 Å². The molecule has 28 heavy (non-hydrogen) atoms. The van der Waals surface area contributed by atoms with Crippen LogP contribution >= 0.6 is 0 Å². The summed E-state index contributed by atoms with van der Waals surface area (Å²) in [5.41, 5.74) is 8.91. The second-order valence-electron chi connectivity index (χ2n) is 7.10. The van der Waals surface area contributed by atoms with Gasteiger partial charge in [-0.15, -0.1) is 5.73 Å². The molecule has 150 valence electrons. The second kappa shape index (κ2) is 9.53. The molecule has 1 aromatic heterocycles. The third-order valence-corrected chi connectivity index (χ3v) is 4.60. The summed E-state index contributed by atoms with van der Waals surface area (Å²) in [7, 11) is 1.76. The predicted octanol–water partition coefficient (Wildman–Crippen LogP) is 2.81. The lowest BCUT2D eigenvalue weighted by Crippen LogP contribution is -2.23. The first-order chi connectivity index (χ1) is 13.6. The molecule has 0 aliphatic carbocycles. The summed E-state index contributed by atoms with van der Waals surface area (Å²) in [6.07, 6.45) is 7.82. The molecule has 0 bridgehead atoms. The molecule has 0 aromatic carbocycles. The van der Waals surface area contributed by atoms with Crippen LogP contribution in [0.4, 0.5) is 5.82 Å². The largest absolute Gasteiger partial charge is 0.491 e. The standard InChI is InChI=1S/C21H29N5O2/c1-5-6-17(28-15(2)3)8-7-16-12-24-25-21(16)19-11-20(23-14-22-19)26-10-9-18(13-26)27-4/h6,8,11,14-15,18,24H,5,9-10,12-13H2,1-4H3/b17-6+/t7?,18-/m1/s1. The zero-order chi connectivity index (χ0) is 19.9. The highest BCUT2D eigenvalue weighted by molar-refractivity contribution is 6.12. The number of hydrogen-bond acceptors (Lipinski definition) is 7. The van der Waals surface area contributed by atoms with Gasteiger partial charge in [0.15, 0.2) is 0 Å². The number of aromatic nitrogens is 2. The molecule has 0 amide bonds. The van der Waals surface area contributed by atoms with Gasteiger partial charge in [0.1, 0.15) is 23.6 Å². The first-order valence-electron chi connectivity index (χ1n) is 9.84. The maximum atomic E-state index is 5.82. The fourth-order valence-electron chi connectivity index (χ4n) is 3.23. The Labute approximate surface area is 166 Å². The van der Waals surface area contributed by atoms with E-state index in [1.807, 2.05) is 26.0 Å². The first kappa shape index (κ1) is 20.1. The van der Waals surface area contributed by atoms with Crippen LogP contribution in [0.3, 0.4) is 0 Å². The molecule has 7 heteroatoms. The van der Waals surface area contributed by atoms with Gasteiger partial charge >= 0.3 is 0 Å². The summed E-state index contributed by atoms with van der Waals surface area (Å²) in [5, 5.41) is 4.42. The number of hydrogen-bond donors (Lipinski definition) is 1. The van der Waals surface area contributed by atoms with E-state index in [4.69, 9.17) is 9.47 Å². The quantitative estimate of drug-likeness (QED) is 0.443. The Kier molecular flexibility index (Phi) is 6.85. The number of nitrogens with zero attached hydrogens (tertiary/aromatic N) is 4. The van der Waals surface area contributed by atoms with Crippen LogP contribution < -0.4 is 10.3 Å². The van der Waals surface area contributed by atoms with Crippen molar-refractivity contribution >= 4 is 11.5 Å². The van der Waals surface area contributed by atoms with Crippen LogP contribution in [-0.4, -0.2) is 54.6 Å². The highest BCUT2D eigenvalue weighted by atomic mass is 16.5. The molecular weight excluding hydrogens is 354 g/mol. The van der Waals surface area contributed by atoms with Gasteiger partial charge in [-0.05, 0) is 32.8 Å². The van der Waals surface area contributed by atoms with Gasteiger partial charge in [0.05, 0.1) is 24.4 Å². The maximum Gasteiger partial charge on any atom is 0.132 e. The van der Waals surface area contributed by atoms with Gasteiger partial charge in [-0.2, -0.15) is 5.10 Å². The van der Waals surface area contributed by atoms with Gasteiger partial charge in [0.25, 0.3) is 0 Å². The fourth-order valence-corrected chi connectivity index (χ4v) is 3.23. The van der Waals surface area contributed by atoms with Gasteiger partial charge in [-0.25, -0.2) is 9.97 Å². The number of anilines is 1. The molecule has 3 heterocycles. The molecule has 1 N–H and O–H groups in total. The second-order valence-corrected chi connectivity index (χ2v) is 7.10. The van der Waals surface area contributed by atoms with E-state index in [-0.39, 0.29) is 12.2 Å². The molecule has 2 aliphatic heterocycles. The van der Waals surface area contributed by atoms with Gasteiger partial charge in [0, 0.05) is 37.9 Å². The lowest BCUT2D eigenvalue weighted by molar-refractivity contribution is 0.121. The fraction of sp³-hybridized carbons (Fsp3) is 0.524. The molecule has 0 unspecified atom stereocenters. The molecular formula is C21H29N5O2. The summed E-state index contributed by atoms with van der Waals surface area (Å²) in [6.45, 7) is 8.51. The summed E-state index contributed by atoms with van der Waals surface area (Å²) >= 11 is 0. The molecule has 0 spiro atoms. The third kappa shape index (κ3) is 5.00. The van der Waals surface area contributed by atoms with Crippen LogP contribution in [0, 0.1) is 0 Å². The number of ether oxygens (including phenoxy) is 2. The highest BCUT2D eigenvalue weighted by Crippen LogP contribution is 2.21. The van der Waals surface area contributed by atoms with E-state index in [9.17, 15) is 0 Å². The van der Waals surface area contributed by atoms with Crippen molar-refractivity contribution in [2.75, 3.05) is 31.6 Å². The Hall–Kier alpha value is -2.63. The lowest BCUT2D eigenvalue weighted by Gasteiger charge is -2.17. The van der Waals surface area contributed by atoms with Gasteiger partial charge in [-0.1, -0.05) is 6.92 Å². The van der Waals surface area contributed by atoms with Crippen LogP contribution in [0.1, 0.15) is 39.3 Å². The number of allylic oxidation sites excluding steroid dienone is 2. The Morgan fingerprint density at radius 1 is 1.43 bits per heavy atom. The molecule has 1 saturated heterocycles. The first-order valence-corrected chi connectivity index (χ1v) is 9.84. The molecule has 0 saturated carbocycles. The zero-order valence-electron chi connectivity index (χ0n) is 17.1. The number of methoxy groups -OCH3 is 1. The van der Waals surface area contributed by atoms with Crippen molar-refractivity contribution in [2.45, 2.75) is 45.8 Å². The minimum Gasteiger partial charge on any atom is -0.491 e. The van der Waals surface area contributed by atoms with Gasteiger partial charge in [0.2, 0.25) is 0 Å². The summed E-state index contributed by atoms with van der Waals surface area (Å²) in [4.78, 5) is 11.1. The van der Waals surface area contributed by atoms with Crippen molar-refractivity contribution < 1.29 is 9.47 Å². The highest BCUT2D eigenvalue weighted by Gasteiger charge is 2.24. The molecule has 0 radical (unpaired) electrons. The number of hydrazone groups is 1. The van der Waals surface area contributed by atoms with Crippen LogP contribution in [0.5, 0.6) is 0 Å². The maximum absolute atomic E-state index is 5.82. The Morgan fingerprint density at radius 2 is 2.29 bits per heavy atom. The topological polar surface area (TPSA) is 71.9 Å². The van der Waals surface area contributed by atoms with Crippen molar-refractivity contribution in [2.24, 2.45) is 5.10 Å². The van der Waals surface area contributed by atoms with Crippen LogP contribution in [0.2, 0.25) is 0 Å². The van der Waals surface area contributed by atoms with E-state index >= 15 is 0 Å². The van der Waals surface area contributed by atoms with Crippen molar-refractivity contribution in [3.05, 3.63) is 47.3 Å².